The van der Waals surface area contributed by atoms with Crippen molar-refractivity contribution in [3.8, 4) is 0 Å². The molecule has 0 aliphatic heterocycles. The molecule has 0 heterocycles. The molecule has 0 nitrogen and oxygen atoms in total. The zero-order chi connectivity index (χ0) is 13.1. The molecule has 0 amide bonds. The van der Waals surface area contributed by atoms with Crippen molar-refractivity contribution < 1.29 is 0 Å². The van der Waals surface area contributed by atoms with Gasteiger partial charge in [-0.1, -0.05) is 60.2 Å². The lowest BCUT2D eigenvalue weighted by molar-refractivity contribution is 0.186. The molecule has 2 saturated carbocycles. The third-order valence-corrected chi connectivity index (χ3v) is 5.96. The Bertz CT molecular complexity index is 381. The van der Waals surface area contributed by atoms with Gasteiger partial charge in [-0.2, -0.15) is 0 Å². The third-order valence-electron chi connectivity index (χ3n) is 5.43. The van der Waals surface area contributed by atoms with Gasteiger partial charge < -0.3 is 0 Å². The zero-order valence-electron chi connectivity index (χ0n) is 11.8. The molecule has 0 radical (unpaired) electrons. The second-order valence-corrected chi connectivity index (χ2v) is 7.48. The summed E-state index contributed by atoms with van der Waals surface area (Å²) in [6.45, 7) is 0. The summed E-state index contributed by atoms with van der Waals surface area (Å²) in [7, 11) is 0. The van der Waals surface area contributed by atoms with E-state index in [0.717, 1.165) is 17.8 Å². The summed E-state index contributed by atoms with van der Waals surface area (Å²) in [5.74, 6) is 2.94. The molecular formula is C18H25Br. The summed E-state index contributed by atoms with van der Waals surface area (Å²) < 4.78 is 1.20. The van der Waals surface area contributed by atoms with Gasteiger partial charge in [0.25, 0.3) is 0 Å². The highest BCUT2D eigenvalue weighted by atomic mass is 79.9. The van der Waals surface area contributed by atoms with Crippen LogP contribution in [-0.2, 0) is 0 Å². The van der Waals surface area contributed by atoms with E-state index in [2.05, 4.69) is 40.2 Å². The van der Waals surface area contributed by atoms with Gasteiger partial charge in [-0.3, -0.25) is 0 Å². The van der Waals surface area contributed by atoms with Crippen LogP contribution >= 0.6 is 15.9 Å². The van der Waals surface area contributed by atoms with Gasteiger partial charge in [-0.25, -0.2) is 0 Å². The van der Waals surface area contributed by atoms with Crippen molar-refractivity contribution in [2.45, 2.75) is 63.7 Å². The molecule has 1 aromatic carbocycles. The van der Waals surface area contributed by atoms with Crippen LogP contribution in [0.25, 0.3) is 0 Å². The molecule has 104 valence electrons. The van der Waals surface area contributed by atoms with E-state index in [1.807, 2.05) is 0 Å². The second-order valence-electron chi connectivity index (χ2n) is 6.56. The Hall–Kier alpha value is -0.300. The minimum absolute atomic E-state index is 0.827. The number of rotatable bonds is 2. The first-order chi connectivity index (χ1) is 9.33. The Kier molecular flexibility index (Phi) is 4.63. The van der Waals surface area contributed by atoms with Crippen LogP contribution in [-0.4, -0.2) is 0 Å². The molecule has 0 atom stereocenters. The van der Waals surface area contributed by atoms with Crippen molar-refractivity contribution in [3.05, 3.63) is 34.3 Å². The van der Waals surface area contributed by atoms with E-state index in [9.17, 15) is 0 Å². The van der Waals surface area contributed by atoms with Crippen LogP contribution in [0.15, 0.2) is 28.7 Å². The van der Waals surface area contributed by atoms with E-state index in [0.29, 0.717) is 0 Å². The summed E-state index contributed by atoms with van der Waals surface area (Å²) in [6, 6.07) is 9.02. The van der Waals surface area contributed by atoms with E-state index >= 15 is 0 Å². The van der Waals surface area contributed by atoms with E-state index in [-0.39, 0.29) is 0 Å². The average Bonchev–Trinajstić information content (AvgIpc) is 2.49. The first kappa shape index (κ1) is 13.7. The van der Waals surface area contributed by atoms with Crippen molar-refractivity contribution in [2.75, 3.05) is 0 Å². The van der Waals surface area contributed by atoms with Crippen molar-refractivity contribution in [1.82, 2.24) is 0 Å². The van der Waals surface area contributed by atoms with Gasteiger partial charge in [-0.05, 0) is 61.1 Å². The topological polar surface area (TPSA) is 0 Å². The van der Waals surface area contributed by atoms with Crippen LogP contribution in [0, 0.1) is 11.8 Å². The number of benzene rings is 1. The lowest BCUT2D eigenvalue weighted by atomic mass is 9.70. The summed E-state index contributed by atoms with van der Waals surface area (Å²) >= 11 is 3.53. The van der Waals surface area contributed by atoms with Crippen LogP contribution < -0.4 is 0 Å². The standard InChI is InChI=1S/C18H25Br/c19-18-12-10-17(11-13-18)16-8-6-15(7-9-16)14-4-2-1-3-5-14/h10-16H,1-9H2. The fraction of sp³-hybridized carbons (Fsp3) is 0.667. The highest BCUT2D eigenvalue weighted by Crippen LogP contribution is 2.42. The summed E-state index contributed by atoms with van der Waals surface area (Å²) in [5, 5.41) is 0. The first-order valence-corrected chi connectivity index (χ1v) is 8.87. The minimum atomic E-state index is 0.827. The molecule has 1 heteroatoms. The van der Waals surface area contributed by atoms with Crippen molar-refractivity contribution >= 4 is 15.9 Å². The summed E-state index contributed by atoms with van der Waals surface area (Å²) in [4.78, 5) is 0. The van der Waals surface area contributed by atoms with E-state index in [4.69, 9.17) is 0 Å². The first-order valence-electron chi connectivity index (χ1n) is 8.08. The van der Waals surface area contributed by atoms with Crippen LogP contribution in [0.3, 0.4) is 0 Å². The SMILES string of the molecule is Brc1ccc(C2CCC(C3CCCCC3)CC2)cc1. The molecular weight excluding hydrogens is 296 g/mol. The van der Waals surface area contributed by atoms with Crippen LogP contribution in [0.1, 0.15) is 69.3 Å². The normalized spacial score (nSPS) is 29.3. The minimum Gasteiger partial charge on any atom is -0.0576 e. The Morgan fingerprint density at radius 3 is 1.89 bits per heavy atom. The molecule has 1 aromatic rings. The second kappa shape index (κ2) is 6.43. The number of hydrogen-bond acceptors (Lipinski definition) is 0. The Labute approximate surface area is 126 Å². The van der Waals surface area contributed by atoms with Gasteiger partial charge in [0.2, 0.25) is 0 Å². The lowest BCUT2D eigenvalue weighted by Gasteiger charge is -2.36. The Morgan fingerprint density at radius 2 is 1.26 bits per heavy atom. The monoisotopic (exact) mass is 320 g/mol. The fourth-order valence-corrected chi connectivity index (χ4v) is 4.53. The Balaban J connectivity index is 1.55. The maximum Gasteiger partial charge on any atom is 0.0175 e. The lowest BCUT2D eigenvalue weighted by Crippen LogP contribution is -2.22. The predicted octanol–water partition coefficient (Wildman–Crippen LogP) is 6.30. The van der Waals surface area contributed by atoms with Gasteiger partial charge in [0.05, 0.1) is 0 Å². The molecule has 0 unspecified atom stereocenters. The van der Waals surface area contributed by atoms with Gasteiger partial charge in [-0.15, -0.1) is 0 Å². The maximum absolute atomic E-state index is 3.53. The van der Waals surface area contributed by atoms with Crippen molar-refractivity contribution in [1.29, 1.82) is 0 Å². The molecule has 2 aliphatic rings. The Morgan fingerprint density at radius 1 is 0.684 bits per heavy atom. The predicted molar refractivity (Wildman–Crippen MR) is 85.4 cm³/mol. The van der Waals surface area contributed by atoms with Gasteiger partial charge in [0.1, 0.15) is 0 Å². The van der Waals surface area contributed by atoms with E-state index in [1.54, 1.807) is 5.56 Å². The quantitative estimate of drug-likeness (QED) is 0.599. The average molecular weight is 321 g/mol. The summed E-state index contributed by atoms with van der Waals surface area (Å²) in [6.07, 6.45) is 13.3. The molecule has 0 spiro atoms. The third kappa shape index (κ3) is 3.42. The van der Waals surface area contributed by atoms with Crippen molar-refractivity contribution in [2.24, 2.45) is 11.8 Å². The molecule has 3 rings (SSSR count). The fourth-order valence-electron chi connectivity index (χ4n) is 4.26. The zero-order valence-corrected chi connectivity index (χ0v) is 13.4. The highest BCUT2D eigenvalue weighted by Gasteiger charge is 2.28. The van der Waals surface area contributed by atoms with Gasteiger partial charge in [0.15, 0.2) is 0 Å². The molecule has 19 heavy (non-hydrogen) atoms. The molecule has 0 saturated heterocycles. The number of hydrogen-bond donors (Lipinski definition) is 0. The van der Waals surface area contributed by atoms with Gasteiger partial charge in [0, 0.05) is 4.47 Å². The largest absolute Gasteiger partial charge is 0.0576 e. The molecule has 2 fully saturated rings. The summed E-state index contributed by atoms with van der Waals surface area (Å²) in [5.41, 5.74) is 1.56. The van der Waals surface area contributed by atoms with E-state index < -0.39 is 0 Å². The van der Waals surface area contributed by atoms with Crippen LogP contribution in [0.4, 0.5) is 0 Å². The highest BCUT2D eigenvalue weighted by molar-refractivity contribution is 9.10. The maximum atomic E-state index is 3.53. The molecule has 0 aromatic heterocycles. The molecule has 0 bridgehead atoms. The van der Waals surface area contributed by atoms with Crippen LogP contribution in [0.2, 0.25) is 0 Å². The van der Waals surface area contributed by atoms with Gasteiger partial charge >= 0.3 is 0 Å². The molecule has 0 N–H and O–H groups in total. The van der Waals surface area contributed by atoms with Crippen LogP contribution in [0.5, 0.6) is 0 Å². The number of halogens is 1. The van der Waals surface area contributed by atoms with E-state index in [1.165, 1.54) is 62.3 Å². The van der Waals surface area contributed by atoms with Crippen molar-refractivity contribution in [3.63, 3.8) is 0 Å². The smallest absolute Gasteiger partial charge is 0.0175 e. The molecule has 2 aliphatic carbocycles.